The van der Waals surface area contributed by atoms with Crippen molar-refractivity contribution in [3.8, 4) is 6.07 Å². The molecule has 0 bridgehead atoms. The van der Waals surface area contributed by atoms with Crippen LogP contribution in [0.15, 0.2) is 0 Å². The summed E-state index contributed by atoms with van der Waals surface area (Å²) in [4.78, 5) is 26.8. The smallest absolute Gasteiger partial charge is 0.234 e. The van der Waals surface area contributed by atoms with Gasteiger partial charge in [0.15, 0.2) is 0 Å². The Morgan fingerprint density at radius 3 is 2.14 bits per heavy atom. The largest absolute Gasteiger partial charge is 0.274 e. The number of carbonyl (C=O) groups is 2. The Hall–Kier alpha value is -1.37. The van der Waals surface area contributed by atoms with E-state index in [1.54, 1.807) is 0 Å². The molecule has 3 fully saturated rings. The maximum Gasteiger partial charge on any atom is 0.234 e. The summed E-state index contributed by atoms with van der Waals surface area (Å²) in [5, 5.41) is 9.72. The zero-order valence-electron chi connectivity index (χ0n) is 13.0. The fourth-order valence-corrected chi connectivity index (χ4v) is 4.65. The molecule has 2 aliphatic carbocycles. The Kier molecular flexibility index (Phi) is 3.55. The zero-order valence-corrected chi connectivity index (χ0v) is 13.0. The lowest BCUT2D eigenvalue weighted by atomic mass is 9.75. The number of carbonyl (C=O) groups excluding carboxylic acids is 2. The third-order valence-electron chi connectivity index (χ3n) is 6.02. The number of imide groups is 1. The minimum atomic E-state index is -0.854. The van der Waals surface area contributed by atoms with Crippen LogP contribution in [0, 0.1) is 35.0 Å². The Morgan fingerprint density at radius 1 is 1.19 bits per heavy atom. The fourth-order valence-electron chi connectivity index (χ4n) is 4.65. The van der Waals surface area contributed by atoms with E-state index in [2.05, 4.69) is 19.9 Å². The van der Waals surface area contributed by atoms with Gasteiger partial charge in [-0.1, -0.05) is 20.3 Å². The van der Waals surface area contributed by atoms with Crippen LogP contribution in [0.5, 0.6) is 0 Å². The standard InChI is InChI=1S/C17H24N2O2/c1-3-12-4-6-17(10-18,7-5-12)19-15(20)13-8-11(2)9-14(13)16(19)21/h11-14H,3-9H2,1-2H3. The summed E-state index contributed by atoms with van der Waals surface area (Å²) >= 11 is 0. The second kappa shape index (κ2) is 5.12. The number of nitriles is 1. The van der Waals surface area contributed by atoms with Gasteiger partial charge in [-0.15, -0.1) is 0 Å². The molecule has 3 aliphatic rings. The van der Waals surface area contributed by atoms with Crippen LogP contribution in [0.1, 0.15) is 58.8 Å². The molecular weight excluding hydrogens is 264 g/mol. The highest BCUT2D eigenvalue weighted by Crippen LogP contribution is 2.48. The van der Waals surface area contributed by atoms with Gasteiger partial charge in [-0.2, -0.15) is 5.26 Å². The second-order valence-electron chi connectivity index (χ2n) is 7.30. The molecule has 2 saturated carbocycles. The third-order valence-corrected chi connectivity index (χ3v) is 6.02. The highest BCUT2D eigenvalue weighted by molar-refractivity contribution is 6.06. The van der Waals surface area contributed by atoms with Gasteiger partial charge in [-0.3, -0.25) is 14.5 Å². The molecule has 3 rings (SSSR count). The minimum absolute atomic E-state index is 0.0640. The Morgan fingerprint density at radius 2 is 1.71 bits per heavy atom. The van der Waals surface area contributed by atoms with Gasteiger partial charge in [0.1, 0.15) is 5.54 Å². The first-order valence-corrected chi connectivity index (χ1v) is 8.31. The summed E-state index contributed by atoms with van der Waals surface area (Å²) in [6.07, 6.45) is 5.96. The lowest BCUT2D eigenvalue weighted by Crippen LogP contribution is -2.53. The van der Waals surface area contributed by atoms with Crippen molar-refractivity contribution in [3.63, 3.8) is 0 Å². The maximum absolute atomic E-state index is 12.7. The van der Waals surface area contributed by atoms with Crippen LogP contribution in [-0.4, -0.2) is 22.3 Å². The molecular formula is C17H24N2O2. The van der Waals surface area contributed by atoms with Crippen molar-refractivity contribution in [3.05, 3.63) is 0 Å². The van der Waals surface area contributed by atoms with Crippen molar-refractivity contribution >= 4 is 11.8 Å². The molecule has 0 radical (unpaired) electrons. The molecule has 114 valence electrons. The Labute approximate surface area is 126 Å². The van der Waals surface area contributed by atoms with E-state index in [9.17, 15) is 14.9 Å². The van der Waals surface area contributed by atoms with Gasteiger partial charge in [0.25, 0.3) is 0 Å². The summed E-state index contributed by atoms with van der Waals surface area (Å²) in [6.45, 7) is 4.28. The van der Waals surface area contributed by atoms with E-state index in [1.165, 1.54) is 4.90 Å². The number of hydrogen-bond acceptors (Lipinski definition) is 3. The predicted molar refractivity (Wildman–Crippen MR) is 77.8 cm³/mol. The van der Waals surface area contributed by atoms with Gasteiger partial charge < -0.3 is 0 Å². The van der Waals surface area contributed by atoms with Crippen LogP contribution in [-0.2, 0) is 9.59 Å². The quantitative estimate of drug-likeness (QED) is 0.734. The van der Waals surface area contributed by atoms with E-state index >= 15 is 0 Å². The molecule has 2 unspecified atom stereocenters. The van der Waals surface area contributed by atoms with E-state index in [1.807, 2.05) is 0 Å². The fraction of sp³-hybridized carbons (Fsp3) is 0.824. The van der Waals surface area contributed by atoms with Crippen molar-refractivity contribution in [2.75, 3.05) is 0 Å². The number of likely N-dealkylation sites (tertiary alicyclic amines) is 1. The molecule has 4 heteroatoms. The number of rotatable bonds is 2. The van der Waals surface area contributed by atoms with E-state index in [0.717, 1.165) is 32.1 Å². The van der Waals surface area contributed by atoms with Crippen molar-refractivity contribution in [2.45, 2.75) is 64.3 Å². The number of fused-ring (bicyclic) bond motifs is 1. The van der Waals surface area contributed by atoms with E-state index < -0.39 is 5.54 Å². The zero-order chi connectivity index (χ0) is 15.2. The van der Waals surface area contributed by atoms with Gasteiger partial charge in [0.2, 0.25) is 11.8 Å². The number of nitrogens with zero attached hydrogens (tertiary/aromatic N) is 2. The molecule has 21 heavy (non-hydrogen) atoms. The molecule has 0 aromatic rings. The second-order valence-corrected chi connectivity index (χ2v) is 7.30. The van der Waals surface area contributed by atoms with Crippen molar-refractivity contribution in [1.82, 2.24) is 4.90 Å². The minimum Gasteiger partial charge on any atom is -0.274 e. The summed E-state index contributed by atoms with van der Waals surface area (Å²) in [7, 11) is 0. The SMILES string of the molecule is CCC1CCC(C#N)(N2C(=O)C3CC(C)CC3C2=O)CC1. The summed E-state index contributed by atoms with van der Waals surface area (Å²) in [5.41, 5.74) is -0.854. The van der Waals surface area contributed by atoms with Crippen LogP contribution in [0.3, 0.4) is 0 Å². The molecule has 1 heterocycles. The van der Waals surface area contributed by atoms with Gasteiger partial charge in [0, 0.05) is 0 Å². The molecule has 2 atom stereocenters. The van der Waals surface area contributed by atoms with Crippen LogP contribution in [0.4, 0.5) is 0 Å². The lowest BCUT2D eigenvalue weighted by molar-refractivity contribution is -0.147. The van der Waals surface area contributed by atoms with Crippen molar-refractivity contribution in [2.24, 2.45) is 23.7 Å². The highest BCUT2D eigenvalue weighted by Gasteiger charge is 2.58. The first kappa shape index (κ1) is 14.6. The molecule has 1 aliphatic heterocycles. The first-order valence-electron chi connectivity index (χ1n) is 8.31. The van der Waals surface area contributed by atoms with Gasteiger partial charge in [-0.25, -0.2) is 0 Å². The summed E-state index contributed by atoms with van der Waals surface area (Å²) in [5.74, 6) is 0.655. The summed E-state index contributed by atoms with van der Waals surface area (Å²) in [6, 6.07) is 2.35. The average Bonchev–Trinajstić information content (AvgIpc) is 2.98. The van der Waals surface area contributed by atoms with Gasteiger partial charge in [0.05, 0.1) is 17.9 Å². The number of hydrogen-bond donors (Lipinski definition) is 0. The highest BCUT2D eigenvalue weighted by atomic mass is 16.2. The monoisotopic (exact) mass is 288 g/mol. The number of amides is 2. The topological polar surface area (TPSA) is 61.2 Å². The van der Waals surface area contributed by atoms with E-state index in [4.69, 9.17) is 0 Å². The molecule has 0 spiro atoms. The van der Waals surface area contributed by atoms with Crippen LogP contribution < -0.4 is 0 Å². The van der Waals surface area contributed by atoms with Crippen LogP contribution in [0.25, 0.3) is 0 Å². The molecule has 1 saturated heterocycles. The molecule has 4 nitrogen and oxygen atoms in total. The molecule has 0 aromatic carbocycles. The average molecular weight is 288 g/mol. The van der Waals surface area contributed by atoms with Gasteiger partial charge >= 0.3 is 0 Å². The molecule has 0 aromatic heterocycles. The third kappa shape index (κ3) is 2.09. The Balaban J connectivity index is 1.85. The lowest BCUT2D eigenvalue weighted by Gasteiger charge is -2.40. The van der Waals surface area contributed by atoms with E-state index in [-0.39, 0.29) is 23.7 Å². The van der Waals surface area contributed by atoms with E-state index in [0.29, 0.717) is 24.7 Å². The molecule has 0 N–H and O–H groups in total. The first-order chi connectivity index (χ1) is 10.0. The van der Waals surface area contributed by atoms with Crippen molar-refractivity contribution < 1.29 is 9.59 Å². The van der Waals surface area contributed by atoms with Crippen LogP contribution in [0.2, 0.25) is 0 Å². The van der Waals surface area contributed by atoms with Crippen LogP contribution >= 0.6 is 0 Å². The Bertz CT molecular complexity index is 475. The molecule has 2 amide bonds. The summed E-state index contributed by atoms with van der Waals surface area (Å²) < 4.78 is 0. The maximum atomic E-state index is 12.7. The predicted octanol–water partition coefficient (Wildman–Crippen LogP) is 2.88. The van der Waals surface area contributed by atoms with Gasteiger partial charge in [-0.05, 0) is 50.4 Å². The normalized spacial score (nSPS) is 43.0. The van der Waals surface area contributed by atoms with Crippen molar-refractivity contribution in [1.29, 1.82) is 5.26 Å².